The summed E-state index contributed by atoms with van der Waals surface area (Å²) in [5, 5.41) is 11.9. The van der Waals surface area contributed by atoms with Gasteiger partial charge in [-0.05, 0) is 53.1 Å². The Morgan fingerprint density at radius 1 is 0.886 bits per heavy atom. The van der Waals surface area contributed by atoms with Crippen molar-refractivity contribution in [3.05, 3.63) is 89.5 Å². The van der Waals surface area contributed by atoms with Crippen LogP contribution in [0.4, 0.5) is 10.5 Å². The van der Waals surface area contributed by atoms with Crippen molar-refractivity contribution >= 4 is 23.7 Å². The van der Waals surface area contributed by atoms with Gasteiger partial charge in [0.2, 0.25) is 0 Å². The number of nitrogens with zero attached hydrogens (tertiary/aromatic N) is 1. The van der Waals surface area contributed by atoms with Crippen molar-refractivity contribution in [3.8, 4) is 11.1 Å². The van der Waals surface area contributed by atoms with Crippen molar-refractivity contribution in [2.75, 3.05) is 25.0 Å². The molecule has 0 unspecified atom stereocenters. The first-order valence-corrected chi connectivity index (χ1v) is 11.7. The fraction of sp³-hybridized carbons (Fsp3) is 0.250. The van der Waals surface area contributed by atoms with Gasteiger partial charge < -0.3 is 14.7 Å². The number of rotatable bonds is 8. The molecular weight excluding hydrogens is 444 g/mol. The van der Waals surface area contributed by atoms with E-state index in [0.29, 0.717) is 18.2 Å². The molecule has 7 heteroatoms. The molecular formula is C28H26N2O5. The van der Waals surface area contributed by atoms with Crippen LogP contribution in [0.2, 0.25) is 0 Å². The highest BCUT2D eigenvalue weighted by Gasteiger charge is 2.31. The highest BCUT2D eigenvalue weighted by Crippen LogP contribution is 2.44. The molecule has 3 aromatic carbocycles. The molecule has 35 heavy (non-hydrogen) atoms. The van der Waals surface area contributed by atoms with Gasteiger partial charge in [0.25, 0.3) is 5.91 Å². The third-order valence-corrected chi connectivity index (χ3v) is 6.53. The SMILES string of the molecule is O=C(O)CN(CC1CC1)C(=O)c1ccccc1NC(=O)OCC1c2ccccc2-c2ccccc21. The number of hydrogen-bond acceptors (Lipinski definition) is 4. The number of carbonyl (C=O) groups excluding carboxylic acids is 2. The predicted octanol–water partition coefficient (Wildman–Crippen LogP) is 4.98. The monoisotopic (exact) mass is 470 g/mol. The Morgan fingerprint density at radius 3 is 2.11 bits per heavy atom. The number of hydrogen-bond donors (Lipinski definition) is 2. The maximum atomic E-state index is 13.2. The van der Waals surface area contributed by atoms with E-state index >= 15 is 0 Å². The predicted molar refractivity (Wildman–Crippen MR) is 131 cm³/mol. The number of fused-ring (bicyclic) bond motifs is 3. The van der Waals surface area contributed by atoms with Crippen LogP contribution in [-0.4, -0.2) is 47.7 Å². The molecule has 2 aliphatic rings. The Kier molecular flexibility index (Phi) is 6.23. The molecule has 0 aromatic heterocycles. The Hall–Kier alpha value is -4.13. The Bertz CT molecular complexity index is 1240. The summed E-state index contributed by atoms with van der Waals surface area (Å²) in [5.41, 5.74) is 5.04. The number of aliphatic carboxylic acids is 1. The molecule has 2 N–H and O–H groups in total. The van der Waals surface area contributed by atoms with Crippen molar-refractivity contribution in [3.63, 3.8) is 0 Å². The zero-order valence-electron chi connectivity index (χ0n) is 19.1. The Morgan fingerprint density at radius 2 is 1.49 bits per heavy atom. The molecule has 0 aliphatic heterocycles. The van der Waals surface area contributed by atoms with Crippen molar-refractivity contribution in [1.29, 1.82) is 0 Å². The highest BCUT2D eigenvalue weighted by atomic mass is 16.5. The number of amides is 2. The fourth-order valence-electron chi connectivity index (χ4n) is 4.69. The minimum absolute atomic E-state index is 0.0744. The lowest BCUT2D eigenvalue weighted by atomic mass is 9.98. The summed E-state index contributed by atoms with van der Waals surface area (Å²) in [5.74, 6) is -1.23. The number of para-hydroxylation sites is 1. The summed E-state index contributed by atoms with van der Waals surface area (Å²) in [6.07, 6.45) is 1.31. The second-order valence-electron chi connectivity index (χ2n) is 9.02. The molecule has 0 radical (unpaired) electrons. The van der Waals surface area contributed by atoms with Crippen LogP contribution in [0.3, 0.4) is 0 Å². The Balaban J connectivity index is 1.29. The first-order chi connectivity index (χ1) is 17.0. The summed E-state index contributed by atoms with van der Waals surface area (Å²) in [6.45, 7) is 0.168. The first-order valence-electron chi connectivity index (χ1n) is 11.7. The molecule has 7 nitrogen and oxygen atoms in total. The maximum absolute atomic E-state index is 13.2. The van der Waals surface area contributed by atoms with Crippen LogP contribution in [0, 0.1) is 5.92 Å². The Labute approximate surface area is 203 Å². The lowest BCUT2D eigenvalue weighted by molar-refractivity contribution is -0.137. The van der Waals surface area contributed by atoms with Crippen LogP contribution >= 0.6 is 0 Å². The summed E-state index contributed by atoms with van der Waals surface area (Å²) >= 11 is 0. The third-order valence-electron chi connectivity index (χ3n) is 6.53. The molecule has 0 saturated heterocycles. The van der Waals surface area contributed by atoms with Gasteiger partial charge in [-0.3, -0.25) is 14.9 Å². The fourth-order valence-corrected chi connectivity index (χ4v) is 4.69. The molecule has 3 aromatic rings. The summed E-state index contributed by atoms with van der Waals surface area (Å²) in [4.78, 5) is 38.6. The second kappa shape index (κ2) is 9.62. The van der Waals surface area contributed by atoms with Crippen molar-refractivity contribution in [2.24, 2.45) is 5.92 Å². The van der Waals surface area contributed by atoms with Crippen molar-refractivity contribution in [1.82, 2.24) is 4.90 Å². The molecule has 1 fully saturated rings. The number of benzene rings is 3. The van der Waals surface area contributed by atoms with Crippen molar-refractivity contribution in [2.45, 2.75) is 18.8 Å². The molecule has 1 saturated carbocycles. The first kappa shape index (κ1) is 22.7. The topological polar surface area (TPSA) is 95.9 Å². The van der Waals surface area contributed by atoms with E-state index in [9.17, 15) is 19.5 Å². The highest BCUT2D eigenvalue weighted by molar-refractivity contribution is 6.03. The lowest BCUT2D eigenvalue weighted by Gasteiger charge is -2.22. The zero-order valence-corrected chi connectivity index (χ0v) is 19.1. The second-order valence-corrected chi connectivity index (χ2v) is 9.02. The number of carbonyl (C=O) groups is 3. The molecule has 2 amide bonds. The van der Waals surface area contributed by atoms with Gasteiger partial charge in [0.15, 0.2) is 0 Å². The molecule has 178 valence electrons. The van der Waals surface area contributed by atoms with E-state index in [0.717, 1.165) is 35.1 Å². The van der Waals surface area contributed by atoms with Gasteiger partial charge in [-0.2, -0.15) is 0 Å². The molecule has 2 aliphatic carbocycles. The smallest absolute Gasteiger partial charge is 0.411 e. The quantitative estimate of drug-likeness (QED) is 0.484. The largest absolute Gasteiger partial charge is 0.480 e. The average molecular weight is 471 g/mol. The van der Waals surface area contributed by atoms with Crippen LogP contribution in [0.5, 0.6) is 0 Å². The van der Waals surface area contributed by atoms with Crippen LogP contribution in [0.15, 0.2) is 72.8 Å². The number of carboxylic acids is 1. The van der Waals surface area contributed by atoms with Crippen LogP contribution in [-0.2, 0) is 9.53 Å². The van der Waals surface area contributed by atoms with E-state index in [1.165, 1.54) is 4.90 Å². The van der Waals surface area contributed by atoms with Crippen LogP contribution < -0.4 is 5.32 Å². The van der Waals surface area contributed by atoms with E-state index in [2.05, 4.69) is 17.4 Å². The normalized spacial score (nSPS) is 14.1. The summed E-state index contributed by atoms with van der Waals surface area (Å²) in [7, 11) is 0. The van der Waals surface area contributed by atoms with Gasteiger partial charge >= 0.3 is 12.1 Å². The number of anilines is 1. The standard InChI is InChI=1S/C28H26N2O5/c31-26(32)16-30(15-18-13-14-18)27(33)23-11-5-6-12-25(23)29-28(34)35-17-24-21-9-3-1-7-19(21)20-8-2-4-10-22(20)24/h1-12,18,24H,13-17H2,(H,29,34)(H,31,32). The maximum Gasteiger partial charge on any atom is 0.411 e. The number of carboxylic acid groups (broad SMARTS) is 1. The van der Waals surface area contributed by atoms with E-state index in [-0.39, 0.29) is 24.6 Å². The third kappa shape index (κ3) is 4.89. The van der Waals surface area contributed by atoms with Gasteiger partial charge in [0.1, 0.15) is 13.2 Å². The van der Waals surface area contributed by atoms with E-state index < -0.39 is 18.0 Å². The molecule has 0 spiro atoms. The van der Waals surface area contributed by atoms with Crippen molar-refractivity contribution < 1.29 is 24.2 Å². The minimum Gasteiger partial charge on any atom is -0.480 e. The lowest BCUT2D eigenvalue weighted by Crippen LogP contribution is -2.37. The summed E-state index contributed by atoms with van der Waals surface area (Å²) in [6, 6.07) is 22.8. The minimum atomic E-state index is -1.07. The van der Waals surface area contributed by atoms with E-state index in [4.69, 9.17) is 4.74 Å². The van der Waals surface area contributed by atoms with E-state index in [1.54, 1.807) is 24.3 Å². The van der Waals surface area contributed by atoms with E-state index in [1.807, 2.05) is 36.4 Å². The van der Waals surface area contributed by atoms with Gasteiger partial charge in [0.05, 0.1) is 11.3 Å². The van der Waals surface area contributed by atoms with Gasteiger partial charge in [-0.25, -0.2) is 4.79 Å². The van der Waals surface area contributed by atoms with Gasteiger partial charge in [-0.15, -0.1) is 0 Å². The zero-order chi connectivity index (χ0) is 24.4. The average Bonchev–Trinajstić information content (AvgIpc) is 3.62. The molecule has 5 rings (SSSR count). The van der Waals surface area contributed by atoms with Crippen LogP contribution in [0.1, 0.15) is 40.2 Å². The summed E-state index contributed by atoms with van der Waals surface area (Å²) < 4.78 is 5.61. The van der Waals surface area contributed by atoms with Crippen LogP contribution in [0.25, 0.3) is 11.1 Å². The van der Waals surface area contributed by atoms with Gasteiger partial charge in [0, 0.05) is 12.5 Å². The molecule has 0 atom stereocenters. The number of ether oxygens (including phenoxy) is 1. The molecule has 0 bridgehead atoms. The van der Waals surface area contributed by atoms with Gasteiger partial charge in [-0.1, -0.05) is 60.7 Å². The number of nitrogens with one attached hydrogen (secondary N) is 1. The molecule has 0 heterocycles.